The van der Waals surface area contributed by atoms with Gasteiger partial charge in [-0.05, 0) is 57.3 Å². The van der Waals surface area contributed by atoms with Crippen molar-refractivity contribution in [3.63, 3.8) is 0 Å². The van der Waals surface area contributed by atoms with E-state index in [1.54, 1.807) is 11.0 Å². The summed E-state index contributed by atoms with van der Waals surface area (Å²) in [6.07, 6.45) is 1.77. The third kappa shape index (κ3) is 4.54. The summed E-state index contributed by atoms with van der Waals surface area (Å²) >= 11 is 10.6. The van der Waals surface area contributed by atoms with Crippen LogP contribution in [0.1, 0.15) is 47.3 Å². The summed E-state index contributed by atoms with van der Waals surface area (Å²) in [5.74, 6) is 2.74. The molecule has 0 radical (unpaired) electrons. The van der Waals surface area contributed by atoms with E-state index in [0.717, 1.165) is 17.1 Å². The van der Waals surface area contributed by atoms with Crippen LogP contribution in [-0.4, -0.2) is 27.2 Å². The van der Waals surface area contributed by atoms with E-state index < -0.39 is 0 Å². The van der Waals surface area contributed by atoms with Gasteiger partial charge in [0.2, 0.25) is 0 Å². The van der Waals surface area contributed by atoms with E-state index >= 15 is 0 Å². The molecule has 1 aliphatic heterocycles. The van der Waals surface area contributed by atoms with Crippen molar-refractivity contribution in [3.8, 4) is 17.1 Å². The van der Waals surface area contributed by atoms with Crippen molar-refractivity contribution in [1.29, 1.82) is 0 Å². The van der Waals surface area contributed by atoms with E-state index in [-0.39, 0.29) is 11.0 Å². The highest BCUT2D eigenvalue weighted by Gasteiger charge is 2.35. The van der Waals surface area contributed by atoms with Crippen LogP contribution >= 0.6 is 24.4 Å². The Kier molecular flexibility index (Phi) is 5.88. The lowest BCUT2D eigenvalue weighted by Crippen LogP contribution is -2.42. The van der Waals surface area contributed by atoms with Crippen LogP contribution in [0.3, 0.4) is 0 Å². The number of rotatable bonds is 5. The number of ether oxygens (including phenoxy) is 2. The molecule has 1 saturated heterocycles. The number of nitrogens with zero attached hydrogens (tertiary/aromatic N) is 1. The number of hydrogen-bond donors (Lipinski definition) is 0. The molecule has 6 heteroatoms. The predicted molar refractivity (Wildman–Crippen MR) is 125 cm³/mol. The molecule has 4 nitrogen and oxygen atoms in total. The zero-order chi connectivity index (χ0) is 21.4. The van der Waals surface area contributed by atoms with Crippen LogP contribution in [0.25, 0.3) is 17.4 Å². The van der Waals surface area contributed by atoms with Gasteiger partial charge in [-0.25, -0.2) is 0 Å². The molecule has 1 fully saturated rings. The van der Waals surface area contributed by atoms with Crippen LogP contribution in [0.5, 0.6) is 5.75 Å². The van der Waals surface area contributed by atoms with Gasteiger partial charge in [-0.3, -0.25) is 4.90 Å². The molecule has 0 unspecified atom stereocenters. The van der Waals surface area contributed by atoms with Crippen LogP contribution in [0.15, 0.2) is 46.6 Å². The maximum Gasteiger partial charge on any atom is 0.270 e. The van der Waals surface area contributed by atoms with Gasteiger partial charge in [-0.15, -0.1) is 0 Å². The molecule has 3 rings (SSSR count). The van der Waals surface area contributed by atoms with Crippen molar-refractivity contribution in [2.24, 2.45) is 5.41 Å². The maximum atomic E-state index is 6.28. The molecule has 0 atom stereocenters. The SMILES string of the molecule is CCN1C(=S)O/C(=C\c2ccc(-c3cccc(OC(C)(C)C(C)(C)C)c3)o2)C1=S. The molecular formula is C23H27NO3S2. The summed E-state index contributed by atoms with van der Waals surface area (Å²) in [6, 6.07) is 11.7. The Balaban J connectivity index is 1.82. The highest BCUT2D eigenvalue weighted by molar-refractivity contribution is 7.82. The first-order chi connectivity index (χ1) is 13.5. The number of hydrogen-bond acceptors (Lipinski definition) is 5. The molecule has 0 bridgehead atoms. The van der Waals surface area contributed by atoms with Gasteiger partial charge < -0.3 is 13.9 Å². The second-order valence-corrected chi connectivity index (χ2v) is 9.25. The third-order valence-corrected chi connectivity index (χ3v) is 6.11. The minimum Gasteiger partial charge on any atom is -0.487 e. The highest BCUT2D eigenvalue weighted by Crippen LogP contribution is 2.36. The summed E-state index contributed by atoms with van der Waals surface area (Å²) in [5, 5.41) is 0.377. The van der Waals surface area contributed by atoms with E-state index in [2.05, 4.69) is 34.6 Å². The van der Waals surface area contributed by atoms with E-state index in [0.29, 0.717) is 28.2 Å². The van der Waals surface area contributed by atoms with Crippen LogP contribution in [-0.2, 0) is 4.74 Å². The van der Waals surface area contributed by atoms with E-state index in [9.17, 15) is 0 Å². The van der Waals surface area contributed by atoms with E-state index in [1.165, 1.54) is 0 Å². The lowest BCUT2D eigenvalue weighted by atomic mass is 9.79. The van der Waals surface area contributed by atoms with Crippen LogP contribution in [0, 0.1) is 5.41 Å². The molecule has 0 saturated carbocycles. The smallest absolute Gasteiger partial charge is 0.270 e. The van der Waals surface area contributed by atoms with Gasteiger partial charge in [0.05, 0.1) is 0 Å². The Hall–Kier alpha value is -2.18. The van der Waals surface area contributed by atoms with Crippen molar-refractivity contribution in [3.05, 3.63) is 47.9 Å². The van der Waals surface area contributed by atoms with Gasteiger partial charge in [0.25, 0.3) is 5.17 Å². The van der Waals surface area contributed by atoms with Crippen molar-refractivity contribution in [2.75, 3.05) is 6.54 Å². The Labute approximate surface area is 183 Å². The molecule has 1 aromatic heterocycles. The summed E-state index contributed by atoms with van der Waals surface area (Å²) in [6.45, 7) is 13.4. The van der Waals surface area contributed by atoms with Crippen LogP contribution in [0.4, 0.5) is 0 Å². The molecule has 29 heavy (non-hydrogen) atoms. The van der Waals surface area contributed by atoms with Crippen molar-refractivity contribution in [2.45, 2.75) is 47.1 Å². The zero-order valence-electron chi connectivity index (χ0n) is 17.7. The number of thiocarbonyl (C=S) groups is 2. The summed E-state index contributed by atoms with van der Waals surface area (Å²) < 4.78 is 17.9. The zero-order valence-corrected chi connectivity index (χ0v) is 19.4. The molecule has 2 aromatic rings. The molecule has 0 amide bonds. The Morgan fingerprint density at radius 3 is 2.41 bits per heavy atom. The standard InChI is InChI=1S/C23H27NO3S2/c1-7-24-20(28)19(26-21(24)29)14-16-11-12-18(25-16)15-9-8-10-17(13-15)27-23(5,6)22(2,3)4/h8-14H,7H2,1-6H3/b19-14-. The lowest BCUT2D eigenvalue weighted by molar-refractivity contribution is 0.000844. The van der Waals surface area contributed by atoms with Crippen molar-refractivity contribution >= 4 is 40.7 Å². The first kappa shape index (κ1) is 21.5. The van der Waals surface area contributed by atoms with Gasteiger partial charge in [-0.1, -0.05) is 45.1 Å². The first-order valence-corrected chi connectivity index (χ1v) is 10.5. The van der Waals surface area contributed by atoms with Crippen LogP contribution in [0.2, 0.25) is 0 Å². The quantitative estimate of drug-likeness (QED) is 0.401. The maximum absolute atomic E-state index is 6.28. The first-order valence-electron chi connectivity index (χ1n) is 9.66. The fraction of sp³-hybridized carbons (Fsp3) is 0.391. The van der Waals surface area contributed by atoms with Gasteiger partial charge in [0.1, 0.15) is 22.9 Å². The molecule has 2 heterocycles. The summed E-state index contributed by atoms with van der Waals surface area (Å²) in [4.78, 5) is 2.35. The lowest BCUT2D eigenvalue weighted by Gasteiger charge is -2.39. The number of benzene rings is 1. The predicted octanol–water partition coefficient (Wildman–Crippen LogP) is 6.46. The van der Waals surface area contributed by atoms with Crippen molar-refractivity contribution < 1.29 is 13.9 Å². The Morgan fingerprint density at radius 1 is 1.07 bits per heavy atom. The average molecular weight is 430 g/mol. The second-order valence-electron chi connectivity index (χ2n) is 8.52. The number of likely N-dealkylation sites (N-methyl/N-ethyl adjacent to an activating group) is 1. The minimum absolute atomic E-state index is 0.000308. The van der Waals surface area contributed by atoms with Gasteiger partial charge >= 0.3 is 0 Å². The summed E-state index contributed by atoms with van der Waals surface area (Å²) in [5.41, 5.74) is 0.626. The Bertz CT molecular complexity index is 966. The van der Waals surface area contributed by atoms with Gasteiger partial charge in [-0.2, -0.15) is 0 Å². The monoisotopic (exact) mass is 429 g/mol. The molecule has 0 aliphatic carbocycles. The molecule has 0 N–H and O–H groups in total. The fourth-order valence-electron chi connectivity index (χ4n) is 2.65. The molecule has 0 spiro atoms. The molecule has 1 aromatic carbocycles. The van der Waals surface area contributed by atoms with Crippen molar-refractivity contribution in [1.82, 2.24) is 4.90 Å². The van der Waals surface area contributed by atoms with E-state index in [1.807, 2.05) is 43.3 Å². The van der Waals surface area contributed by atoms with Gasteiger partial charge in [0, 0.05) is 23.6 Å². The van der Waals surface area contributed by atoms with E-state index in [4.69, 9.17) is 38.3 Å². The molecule has 154 valence electrons. The average Bonchev–Trinajstić information content (AvgIpc) is 3.19. The Morgan fingerprint density at radius 2 is 1.79 bits per heavy atom. The summed E-state index contributed by atoms with van der Waals surface area (Å²) in [7, 11) is 0. The molecular weight excluding hydrogens is 402 g/mol. The third-order valence-electron chi connectivity index (χ3n) is 5.39. The topological polar surface area (TPSA) is 34.8 Å². The fourth-order valence-corrected chi connectivity index (χ4v) is 3.33. The van der Waals surface area contributed by atoms with Crippen LogP contribution < -0.4 is 4.74 Å². The van der Waals surface area contributed by atoms with Gasteiger partial charge in [0.15, 0.2) is 10.7 Å². The second kappa shape index (κ2) is 7.92. The largest absolute Gasteiger partial charge is 0.487 e. The number of furan rings is 1. The minimum atomic E-state index is -0.316. The normalized spacial score (nSPS) is 16.5. The molecule has 1 aliphatic rings. The highest BCUT2D eigenvalue weighted by atomic mass is 32.1.